The summed E-state index contributed by atoms with van der Waals surface area (Å²) in [6, 6.07) is 3.32. The largest absolute Gasteiger partial charge is 0.444 e. The fourth-order valence-electron chi connectivity index (χ4n) is 2.48. The molecule has 1 atom stereocenters. The lowest BCUT2D eigenvalue weighted by atomic mass is 10.2. The van der Waals surface area contributed by atoms with Crippen LogP contribution in [0.15, 0.2) is 18.2 Å². The zero-order valence-corrected chi connectivity index (χ0v) is 13.3. The lowest BCUT2D eigenvalue weighted by molar-refractivity contribution is -0.384. The Hall–Kier alpha value is -2.38. The molecule has 0 aromatic heterocycles. The highest BCUT2D eigenvalue weighted by Crippen LogP contribution is 2.31. The summed E-state index contributed by atoms with van der Waals surface area (Å²) < 4.78 is 18.4. The fraction of sp³-hybridized carbons (Fsp3) is 0.533. The van der Waals surface area contributed by atoms with Crippen molar-refractivity contribution in [2.24, 2.45) is 0 Å². The van der Waals surface area contributed by atoms with E-state index in [2.05, 4.69) is 5.32 Å². The first-order valence-corrected chi connectivity index (χ1v) is 7.34. The highest BCUT2D eigenvalue weighted by Gasteiger charge is 2.29. The van der Waals surface area contributed by atoms with Crippen LogP contribution in [0.4, 0.5) is 20.6 Å². The minimum absolute atomic E-state index is 0.172. The molecule has 1 aromatic carbocycles. The molecule has 0 saturated carbocycles. The van der Waals surface area contributed by atoms with Crippen molar-refractivity contribution in [1.82, 2.24) is 5.32 Å². The lowest BCUT2D eigenvalue weighted by Gasteiger charge is -2.22. The van der Waals surface area contributed by atoms with E-state index in [9.17, 15) is 19.3 Å². The molecule has 7 nitrogen and oxygen atoms in total. The molecule has 0 bridgehead atoms. The normalized spacial score (nSPS) is 17.9. The van der Waals surface area contributed by atoms with Crippen molar-refractivity contribution in [3.8, 4) is 0 Å². The standard InChI is InChI=1S/C15H20FN3O4/c1-15(2,3)23-14(20)17-11-6-7-18(9-11)12-5-4-10(16)8-13(12)19(21)22/h4-5,8,11H,6-7,9H2,1-3H3,(H,17,20). The lowest BCUT2D eigenvalue weighted by Crippen LogP contribution is -2.40. The SMILES string of the molecule is CC(C)(C)OC(=O)NC1CCN(c2ccc(F)cc2[N+](=O)[O-])C1. The van der Waals surface area contributed by atoms with E-state index in [1.807, 2.05) is 0 Å². The highest BCUT2D eigenvalue weighted by atomic mass is 19.1. The van der Waals surface area contributed by atoms with Crippen molar-refractivity contribution in [2.45, 2.75) is 38.8 Å². The summed E-state index contributed by atoms with van der Waals surface area (Å²) >= 11 is 0. The molecule has 1 aliphatic rings. The number of benzene rings is 1. The molecule has 1 heterocycles. The maximum atomic E-state index is 13.2. The third-order valence-electron chi connectivity index (χ3n) is 3.38. The van der Waals surface area contributed by atoms with Crippen LogP contribution in [0.25, 0.3) is 0 Å². The Kier molecular flexibility index (Phi) is 4.72. The summed E-state index contributed by atoms with van der Waals surface area (Å²) in [6.45, 7) is 6.26. The molecule has 1 amide bonds. The van der Waals surface area contributed by atoms with E-state index in [1.165, 1.54) is 12.1 Å². The van der Waals surface area contributed by atoms with Gasteiger partial charge in [-0.05, 0) is 39.3 Å². The highest BCUT2D eigenvalue weighted by molar-refractivity contribution is 5.69. The molecule has 1 saturated heterocycles. The first-order chi connectivity index (χ1) is 10.7. The van der Waals surface area contributed by atoms with Crippen LogP contribution in [-0.4, -0.2) is 35.7 Å². The van der Waals surface area contributed by atoms with Crippen LogP contribution >= 0.6 is 0 Å². The maximum absolute atomic E-state index is 13.2. The molecule has 1 unspecified atom stereocenters. The van der Waals surface area contributed by atoms with Crippen molar-refractivity contribution in [3.05, 3.63) is 34.1 Å². The van der Waals surface area contributed by atoms with Gasteiger partial charge in [0, 0.05) is 13.1 Å². The van der Waals surface area contributed by atoms with Gasteiger partial charge in [-0.15, -0.1) is 0 Å². The number of rotatable bonds is 3. The Labute approximate surface area is 133 Å². The van der Waals surface area contributed by atoms with E-state index in [0.717, 1.165) is 6.07 Å². The Morgan fingerprint density at radius 1 is 1.48 bits per heavy atom. The van der Waals surface area contributed by atoms with Gasteiger partial charge in [-0.25, -0.2) is 9.18 Å². The minimum atomic E-state index is -0.650. The summed E-state index contributed by atoms with van der Waals surface area (Å²) in [5.74, 6) is -0.650. The van der Waals surface area contributed by atoms with Crippen LogP contribution in [0.2, 0.25) is 0 Å². The van der Waals surface area contributed by atoms with Gasteiger partial charge in [0.15, 0.2) is 0 Å². The third-order valence-corrected chi connectivity index (χ3v) is 3.38. The monoisotopic (exact) mass is 325 g/mol. The van der Waals surface area contributed by atoms with Crippen LogP contribution in [0, 0.1) is 15.9 Å². The van der Waals surface area contributed by atoms with E-state index in [1.54, 1.807) is 25.7 Å². The fourth-order valence-corrected chi connectivity index (χ4v) is 2.48. The smallest absolute Gasteiger partial charge is 0.407 e. The van der Waals surface area contributed by atoms with Gasteiger partial charge in [-0.3, -0.25) is 10.1 Å². The number of nitro benzene ring substituents is 1. The molecule has 126 valence electrons. The second kappa shape index (κ2) is 6.39. The number of halogens is 1. The first-order valence-electron chi connectivity index (χ1n) is 7.34. The Balaban J connectivity index is 2.03. The number of carbonyl (C=O) groups is 1. The van der Waals surface area contributed by atoms with E-state index in [4.69, 9.17) is 4.74 Å². The van der Waals surface area contributed by atoms with Crippen molar-refractivity contribution in [1.29, 1.82) is 0 Å². The van der Waals surface area contributed by atoms with Gasteiger partial charge in [0.1, 0.15) is 17.1 Å². The molecular weight excluding hydrogens is 305 g/mol. The summed E-state index contributed by atoms with van der Waals surface area (Å²) in [5, 5.41) is 13.8. The van der Waals surface area contributed by atoms with E-state index < -0.39 is 22.4 Å². The topological polar surface area (TPSA) is 84.7 Å². The molecule has 1 N–H and O–H groups in total. The van der Waals surface area contributed by atoms with Crippen LogP contribution in [0.3, 0.4) is 0 Å². The number of hydrogen-bond donors (Lipinski definition) is 1. The second-order valence-corrected chi connectivity index (χ2v) is 6.47. The van der Waals surface area contributed by atoms with Crippen molar-refractivity contribution < 1.29 is 18.8 Å². The van der Waals surface area contributed by atoms with Gasteiger partial charge in [0.05, 0.1) is 17.0 Å². The number of amides is 1. The number of hydrogen-bond acceptors (Lipinski definition) is 5. The van der Waals surface area contributed by atoms with Gasteiger partial charge in [0.25, 0.3) is 5.69 Å². The Morgan fingerprint density at radius 3 is 2.78 bits per heavy atom. The van der Waals surface area contributed by atoms with Crippen LogP contribution < -0.4 is 10.2 Å². The number of nitrogens with zero attached hydrogens (tertiary/aromatic N) is 2. The molecule has 1 aliphatic heterocycles. The van der Waals surface area contributed by atoms with Gasteiger partial charge in [-0.1, -0.05) is 0 Å². The summed E-state index contributed by atoms with van der Waals surface area (Å²) in [5.41, 5.74) is -0.509. The van der Waals surface area contributed by atoms with E-state index >= 15 is 0 Å². The maximum Gasteiger partial charge on any atom is 0.407 e. The summed E-state index contributed by atoms with van der Waals surface area (Å²) in [7, 11) is 0. The summed E-state index contributed by atoms with van der Waals surface area (Å²) in [6.07, 6.45) is 0.117. The van der Waals surface area contributed by atoms with Crippen molar-refractivity contribution in [2.75, 3.05) is 18.0 Å². The molecule has 0 spiro atoms. The molecule has 23 heavy (non-hydrogen) atoms. The predicted octanol–water partition coefficient (Wildman–Crippen LogP) is 2.84. The third kappa shape index (κ3) is 4.54. The van der Waals surface area contributed by atoms with Gasteiger partial charge in [-0.2, -0.15) is 0 Å². The average molecular weight is 325 g/mol. The molecular formula is C15H20FN3O4. The Morgan fingerprint density at radius 2 is 2.17 bits per heavy atom. The van der Waals surface area contributed by atoms with Crippen LogP contribution in [-0.2, 0) is 4.74 Å². The first kappa shape index (κ1) is 17.0. The molecule has 1 aromatic rings. The number of anilines is 1. The zero-order valence-electron chi connectivity index (χ0n) is 13.3. The van der Waals surface area contributed by atoms with Crippen molar-refractivity contribution >= 4 is 17.5 Å². The average Bonchev–Trinajstić information content (AvgIpc) is 2.84. The van der Waals surface area contributed by atoms with Crippen LogP contribution in [0.1, 0.15) is 27.2 Å². The van der Waals surface area contributed by atoms with E-state index in [0.29, 0.717) is 25.2 Å². The van der Waals surface area contributed by atoms with E-state index in [-0.39, 0.29) is 11.7 Å². The molecule has 0 aliphatic carbocycles. The summed E-state index contributed by atoms with van der Waals surface area (Å²) in [4.78, 5) is 24.0. The molecule has 0 radical (unpaired) electrons. The number of alkyl carbamates (subject to hydrolysis) is 1. The predicted molar refractivity (Wildman–Crippen MR) is 83.0 cm³/mol. The van der Waals surface area contributed by atoms with Gasteiger partial charge >= 0.3 is 6.09 Å². The molecule has 8 heteroatoms. The number of carbonyl (C=O) groups excluding carboxylic acids is 1. The van der Waals surface area contributed by atoms with Crippen molar-refractivity contribution in [3.63, 3.8) is 0 Å². The van der Waals surface area contributed by atoms with Gasteiger partial charge in [0.2, 0.25) is 0 Å². The number of nitro groups is 1. The quantitative estimate of drug-likeness (QED) is 0.682. The zero-order chi connectivity index (χ0) is 17.2. The second-order valence-electron chi connectivity index (χ2n) is 6.47. The molecule has 1 fully saturated rings. The van der Waals surface area contributed by atoms with Gasteiger partial charge < -0.3 is 15.0 Å². The Bertz CT molecular complexity index is 615. The number of nitrogens with one attached hydrogen (secondary N) is 1. The molecule has 2 rings (SSSR count). The minimum Gasteiger partial charge on any atom is -0.444 e. The number of ether oxygens (including phenoxy) is 1. The van der Waals surface area contributed by atoms with Crippen LogP contribution in [0.5, 0.6) is 0 Å².